The Morgan fingerprint density at radius 2 is 2.20 bits per heavy atom. The van der Waals surface area contributed by atoms with E-state index in [-0.39, 0.29) is 6.04 Å². The molecule has 0 bridgehead atoms. The predicted octanol–water partition coefficient (Wildman–Crippen LogP) is 3.92. The average Bonchev–Trinajstić information content (AvgIpc) is 2.75. The van der Waals surface area contributed by atoms with Crippen molar-refractivity contribution in [2.24, 2.45) is 5.84 Å². The number of rotatable bonds is 5. The number of halogens is 3. The van der Waals surface area contributed by atoms with Crippen LogP contribution in [-0.2, 0) is 6.54 Å². The summed E-state index contributed by atoms with van der Waals surface area (Å²) in [7, 11) is 0. The molecular formula is C13H15BrCl2N4. The highest BCUT2D eigenvalue weighted by Gasteiger charge is 2.22. The molecule has 0 saturated carbocycles. The Balaban J connectivity index is 2.49. The van der Waals surface area contributed by atoms with Crippen molar-refractivity contribution in [2.45, 2.75) is 25.9 Å². The molecule has 20 heavy (non-hydrogen) atoms. The number of benzene rings is 1. The fraction of sp³-hybridized carbons (Fsp3) is 0.308. The van der Waals surface area contributed by atoms with Gasteiger partial charge in [-0.05, 0) is 24.1 Å². The van der Waals surface area contributed by atoms with E-state index in [1.165, 1.54) is 0 Å². The van der Waals surface area contributed by atoms with Crippen LogP contribution in [0, 0.1) is 0 Å². The van der Waals surface area contributed by atoms with Crippen molar-refractivity contribution in [1.82, 2.24) is 15.2 Å². The number of hydrogen-bond donors (Lipinski definition) is 2. The van der Waals surface area contributed by atoms with Gasteiger partial charge in [-0.15, -0.1) is 0 Å². The summed E-state index contributed by atoms with van der Waals surface area (Å²) in [5, 5.41) is 5.54. The number of nitrogens with zero attached hydrogens (tertiary/aromatic N) is 2. The van der Waals surface area contributed by atoms with Gasteiger partial charge >= 0.3 is 0 Å². The Bertz CT molecular complexity index is 600. The van der Waals surface area contributed by atoms with Crippen LogP contribution in [0.3, 0.4) is 0 Å². The highest BCUT2D eigenvalue weighted by molar-refractivity contribution is 9.10. The van der Waals surface area contributed by atoms with E-state index in [4.69, 9.17) is 29.0 Å². The van der Waals surface area contributed by atoms with Gasteiger partial charge in [0.1, 0.15) is 0 Å². The normalized spacial score (nSPS) is 12.7. The second kappa shape index (κ2) is 6.91. The molecule has 1 aromatic heterocycles. The van der Waals surface area contributed by atoms with E-state index in [1.807, 2.05) is 22.9 Å². The molecule has 1 unspecified atom stereocenters. The van der Waals surface area contributed by atoms with Crippen LogP contribution in [-0.4, -0.2) is 9.78 Å². The van der Waals surface area contributed by atoms with Gasteiger partial charge in [-0.2, -0.15) is 5.10 Å². The number of aryl methyl sites for hydroxylation is 1. The lowest BCUT2D eigenvalue weighted by molar-refractivity contribution is 0.520. The van der Waals surface area contributed by atoms with E-state index < -0.39 is 0 Å². The van der Waals surface area contributed by atoms with Gasteiger partial charge in [0.05, 0.1) is 23.0 Å². The molecule has 1 heterocycles. The minimum atomic E-state index is -0.261. The molecule has 4 nitrogen and oxygen atoms in total. The van der Waals surface area contributed by atoms with E-state index in [0.717, 1.165) is 28.7 Å². The first kappa shape index (κ1) is 15.8. The molecule has 0 aliphatic rings. The van der Waals surface area contributed by atoms with Crippen molar-refractivity contribution < 1.29 is 0 Å². The number of hydrogen-bond acceptors (Lipinski definition) is 3. The standard InChI is InChI=1S/C13H15BrCl2N4/c1-2-5-20-13(11(16)7-18-20)12(19-17)9-4-3-8(15)6-10(9)14/h3-4,6-7,12,19H,2,5,17H2,1H3. The zero-order chi connectivity index (χ0) is 14.7. The minimum Gasteiger partial charge on any atom is -0.271 e. The quantitative estimate of drug-likeness (QED) is 0.613. The van der Waals surface area contributed by atoms with Gasteiger partial charge in [0.25, 0.3) is 0 Å². The van der Waals surface area contributed by atoms with E-state index >= 15 is 0 Å². The summed E-state index contributed by atoms with van der Waals surface area (Å²) >= 11 is 15.8. The highest BCUT2D eigenvalue weighted by Crippen LogP contribution is 2.33. The monoisotopic (exact) mass is 376 g/mol. The fourth-order valence-corrected chi connectivity index (χ4v) is 3.26. The van der Waals surface area contributed by atoms with Gasteiger partial charge in [0.15, 0.2) is 0 Å². The molecule has 1 atom stereocenters. The van der Waals surface area contributed by atoms with E-state index in [0.29, 0.717) is 10.0 Å². The summed E-state index contributed by atoms with van der Waals surface area (Å²) < 4.78 is 2.74. The molecule has 2 rings (SSSR count). The third kappa shape index (κ3) is 3.18. The molecule has 0 fully saturated rings. The Labute approximate surface area is 136 Å². The molecular weight excluding hydrogens is 363 g/mol. The molecule has 0 spiro atoms. The molecule has 0 saturated heterocycles. The smallest absolute Gasteiger partial charge is 0.0904 e. The summed E-state index contributed by atoms with van der Waals surface area (Å²) in [6, 6.07) is 5.30. The number of hydrazine groups is 1. The number of aromatic nitrogens is 2. The average molecular weight is 378 g/mol. The van der Waals surface area contributed by atoms with Crippen molar-refractivity contribution in [3.05, 3.63) is 50.2 Å². The first-order valence-electron chi connectivity index (χ1n) is 6.20. The summed E-state index contributed by atoms with van der Waals surface area (Å²) in [6.45, 7) is 2.87. The zero-order valence-electron chi connectivity index (χ0n) is 10.9. The number of nitrogens with two attached hydrogens (primary N) is 1. The van der Waals surface area contributed by atoms with Crippen LogP contribution in [0.25, 0.3) is 0 Å². The zero-order valence-corrected chi connectivity index (χ0v) is 14.0. The molecule has 0 amide bonds. The molecule has 7 heteroatoms. The summed E-state index contributed by atoms with van der Waals surface area (Å²) in [5.74, 6) is 5.73. The molecule has 0 aliphatic carbocycles. The molecule has 1 aromatic carbocycles. The summed E-state index contributed by atoms with van der Waals surface area (Å²) in [6.07, 6.45) is 2.60. The Hall–Kier alpha value is -0.590. The van der Waals surface area contributed by atoms with Crippen LogP contribution >= 0.6 is 39.1 Å². The summed E-state index contributed by atoms with van der Waals surface area (Å²) in [5.41, 5.74) is 4.60. The lowest BCUT2D eigenvalue weighted by Gasteiger charge is -2.20. The van der Waals surface area contributed by atoms with Gasteiger partial charge in [-0.25, -0.2) is 5.43 Å². The first-order valence-corrected chi connectivity index (χ1v) is 7.75. The SMILES string of the molecule is CCCn1ncc(Cl)c1C(NN)c1ccc(Cl)cc1Br. The third-order valence-corrected chi connectivity index (χ3v) is 4.20. The molecule has 2 aromatic rings. The molecule has 108 valence electrons. The van der Waals surface area contributed by atoms with E-state index in [1.54, 1.807) is 6.20 Å². The largest absolute Gasteiger partial charge is 0.271 e. The van der Waals surface area contributed by atoms with Crippen molar-refractivity contribution in [3.63, 3.8) is 0 Å². The van der Waals surface area contributed by atoms with Crippen molar-refractivity contribution in [2.75, 3.05) is 0 Å². The van der Waals surface area contributed by atoms with Crippen molar-refractivity contribution in [1.29, 1.82) is 0 Å². The van der Waals surface area contributed by atoms with Crippen LogP contribution in [0.2, 0.25) is 10.0 Å². The van der Waals surface area contributed by atoms with Gasteiger partial charge in [0.2, 0.25) is 0 Å². The Morgan fingerprint density at radius 3 is 2.80 bits per heavy atom. The van der Waals surface area contributed by atoms with Crippen LogP contribution in [0.1, 0.15) is 30.6 Å². The number of nitrogens with one attached hydrogen (secondary N) is 1. The van der Waals surface area contributed by atoms with Crippen molar-refractivity contribution >= 4 is 39.1 Å². The maximum absolute atomic E-state index is 6.27. The molecule has 0 radical (unpaired) electrons. The molecule has 0 aliphatic heterocycles. The first-order chi connectivity index (χ1) is 9.58. The highest BCUT2D eigenvalue weighted by atomic mass is 79.9. The van der Waals surface area contributed by atoms with Crippen molar-refractivity contribution in [3.8, 4) is 0 Å². The minimum absolute atomic E-state index is 0.261. The van der Waals surface area contributed by atoms with Gasteiger partial charge in [0, 0.05) is 16.0 Å². The van der Waals surface area contributed by atoms with Crippen LogP contribution in [0.5, 0.6) is 0 Å². The van der Waals surface area contributed by atoms with Gasteiger partial charge in [-0.3, -0.25) is 10.5 Å². The lowest BCUT2D eigenvalue weighted by Crippen LogP contribution is -2.31. The maximum atomic E-state index is 6.27. The fourth-order valence-electron chi connectivity index (χ4n) is 2.10. The van der Waals surface area contributed by atoms with Crippen LogP contribution in [0.4, 0.5) is 0 Å². The van der Waals surface area contributed by atoms with Crippen LogP contribution < -0.4 is 11.3 Å². The third-order valence-electron chi connectivity index (χ3n) is 2.98. The van der Waals surface area contributed by atoms with Gasteiger partial charge < -0.3 is 0 Å². The van der Waals surface area contributed by atoms with Crippen LogP contribution in [0.15, 0.2) is 28.9 Å². The Morgan fingerprint density at radius 1 is 1.45 bits per heavy atom. The van der Waals surface area contributed by atoms with E-state index in [2.05, 4.69) is 33.4 Å². The lowest BCUT2D eigenvalue weighted by atomic mass is 10.0. The summed E-state index contributed by atoms with van der Waals surface area (Å²) in [4.78, 5) is 0. The van der Waals surface area contributed by atoms with E-state index in [9.17, 15) is 0 Å². The Kier molecular flexibility index (Phi) is 5.46. The maximum Gasteiger partial charge on any atom is 0.0904 e. The molecule has 3 N–H and O–H groups in total. The predicted molar refractivity (Wildman–Crippen MR) is 85.8 cm³/mol. The van der Waals surface area contributed by atoms with Gasteiger partial charge in [-0.1, -0.05) is 52.1 Å². The second-order valence-corrected chi connectivity index (χ2v) is 6.06. The topological polar surface area (TPSA) is 55.9 Å². The second-order valence-electron chi connectivity index (χ2n) is 4.37.